The van der Waals surface area contributed by atoms with Crippen molar-refractivity contribution in [3.05, 3.63) is 77.2 Å². The molecule has 2 aromatic carbocycles. The Morgan fingerprint density at radius 1 is 1.00 bits per heavy atom. The highest BCUT2D eigenvalue weighted by Crippen LogP contribution is 2.21. The second-order valence-electron chi connectivity index (χ2n) is 5.79. The number of rotatable bonds is 4. The minimum Gasteiger partial charge on any atom is -0.338 e. The molecule has 0 unspecified atom stereocenters. The Hall–Kier alpha value is -3.72. The Balaban J connectivity index is 1.75. The number of aromatic nitrogens is 2. The summed E-state index contributed by atoms with van der Waals surface area (Å²) in [6.45, 7) is 3.88. The van der Waals surface area contributed by atoms with Crippen LogP contribution in [0, 0.1) is 25.2 Å². The predicted octanol–water partition coefficient (Wildman–Crippen LogP) is 3.96. The quantitative estimate of drug-likeness (QED) is 0.748. The van der Waals surface area contributed by atoms with Crippen LogP contribution in [0.2, 0.25) is 0 Å². The number of hydrogen-bond acceptors (Lipinski definition) is 5. The fraction of sp³-hybridized carbons (Fsp3) is 0.100. The van der Waals surface area contributed by atoms with Gasteiger partial charge in [0.15, 0.2) is 0 Å². The van der Waals surface area contributed by atoms with Crippen molar-refractivity contribution in [1.29, 1.82) is 5.26 Å². The van der Waals surface area contributed by atoms with E-state index in [2.05, 4.69) is 26.7 Å². The molecule has 0 aliphatic carbocycles. The molecule has 0 bridgehead atoms. The summed E-state index contributed by atoms with van der Waals surface area (Å²) in [4.78, 5) is 20.8. The Kier molecular flexibility index (Phi) is 4.90. The highest BCUT2D eigenvalue weighted by atomic mass is 16.1. The number of carbonyl (C=O) groups is 1. The lowest BCUT2D eigenvalue weighted by Crippen LogP contribution is -2.15. The van der Waals surface area contributed by atoms with Crippen molar-refractivity contribution in [2.24, 2.45) is 0 Å². The van der Waals surface area contributed by atoms with E-state index >= 15 is 0 Å². The van der Waals surface area contributed by atoms with E-state index in [0.717, 1.165) is 16.8 Å². The van der Waals surface area contributed by atoms with Crippen LogP contribution in [-0.2, 0) is 0 Å². The van der Waals surface area contributed by atoms with Crippen molar-refractivity contribution < 1.29 is 4.79 Å². The summed E-state index contributed by atoms with van der Waals surface area (Å²) in [7, 11) is 0. The summed E-state index contributed by atoms with van der Waals surface area (Å²) in [6, 6.07) is 15.0. The zero-order valence-corrected chi connectivity index (χ0v) is 14.4. The van der Waals surface area contributed by atoms with E-state index in [9.17, 15) is 4.79 Å². The topological polar surface area (TPSA) is 90.7 Å². The second kappa shape index (κ2) is 7.45. The first-order valence-corrected chi connectivity index (χ1v) is 8.04. The molecule has 1 heterocycles. The number of carbonyl (C=O) groups excluding carboxylic acids is 1. The molecule has 6 heteroatoms. The Bertz CT molecular complexity index is 970. The summed E-state index contributed by atoms with van der Waals surface area (Å²) < 4.78 is 0. The fourth-order valence-corrected chi connectivity index (χ4v) is 2.53. The maximum Gasteiger partial charge on any atom is 0.275 e. The van der Waals surface area contributed by atoms with Crippen LogP contribution in [0.4, 0.5) is 17.2 Å². The summed E-state index contributed by atoms with van der Waals surface area (Å²) >= 11 is 0. The van der Waals surface area contributed by atoms with E-state index in [-0.39, 0.29) is 11.6 Å². The van der Waals surface area contributed by atoms with Crippen molar-refractivity contribution in [2.75, 3.05) is 10.6 Å². The van der Waals surface area contributed by atoms with Crippen LogP contribution in [0.15, 0.2) is 54.9 Å². The molecule has 0 aliphatic heterocycles. The van der Waals surface area contributed by atoms with Crippen molar-refractivity contribution in [3.63, 3.8) is 0 Å². The largest absolute Gasteiger partial charge is 0.338 e. The summed E-state index contributed by atoms with van der Waals surface area (Å²) in [5.41, 5.74) is 4.11. The van der Waals surface area contributed by atoms with Crippen LogP contribution in [0.25, 0.3) is 0 Å². The molecule has 3 rings (SSSR count). The molecule has 2 N–H and O–H groups in total. The van der Waals surface area contributed by atoms with E-state index in [1.807, 2.05) is 38.1 Å². The number of nitriles is 1. The molecule has 26 heavy (non-hydrogen) atoms. The lowest BCUT2D eigenvalue weighted by Gasteiger charge is -2.11. The number of anilines is 3. The molecular formula is C20H17N5O. The van der Waals surface area contributed by atoms with Crippen LogP contribution in [0.1, 0.15) is 27.2 Å². The van der Waals surface area contributed by atoms with Gasteiger partial charge in [-0.05, 0) is 37.1 Å². The van der Waals surface area contributed by atoms with Gasteiger partial charge in [0.1, 0.15) is 17.6 Å². The van der Waals surface area contributed by atoms with Crippen LogP contribution in [0.3, 0.4) is 0 Å². The van der Waals surface area contributed by atoms with Gasteiger partial charge in [-0.25, -0.2) is 9.97 Å². The van der Waals surface area contributed by atoms with Crippen molar-refractivity contribution in [1.82, 2.24) is 9.97 Å². The fourth-order valence-electron chi connectivity index (χ4n) is 2.53. The number of benzene rings is 2. The average molecular weight is 343 g/mol. The van der Waals surface area contributed by atoms with Gasteiger partial charge >= 0.3 is 0 Å². The molecular weight excluding hydrogens is 326 g/mol. The standard InChI is InChI=1S/C20H17N5O/c1-13-6-5-7-14(2)19(13)25-20(26)17-11-23-18(12-22-17)24-16-9-4-3-8-15(16)10-21/h3-9,11-12H,1-2H3,(H,23,24)(H,25,26). The van der Waals surface area contributed by atoms with E-state index < -0.39 is 0 Å². The molecule has 0 atom stereocenters. The average Bonchev–Trinajstić information content (AvgIpc) is 2.66. The predicted molar refractivity (Wildman–Crippen MR) is 100 cm³/mol. The van der Waals surface area contributed by atoms with Crippen LogP contribution < -0.4 is 10.6 Å². The zero-order chi connectivity index (χ0) is 18.5. The van der Waals surface area contributed by atoms with Crippen molar-refractivity contribution in [2.45, 2.75) is 13.8 Å². The van der Waals surface area contributed by atoms with Crippen LogP contribution >= 0.6 is 0 Å². The molecule has 0 spiro atoms. The number of amides is 1. The molecule has 1 amide bonds. The second-order valence-corrected chi connectivity index (χ2v) is 5.79. The maximum atomic E-state index is 12.4. The monoisotopic (exact) mass is 343 g/mol. The molecule has 0 saturated carbocycles. The molecule has 1 aromatic heterocycles. The van der Waals surface area contributed by atoms with Gasteiger partial charge in [-0.15, -0.1) is 0 Å². The maximum absolute atomic E-state index is 12.4. The molecule has 128 valence electrons. The van der Waals surface area contributed by atoms with E-state index in [1.165, 1.54) is 12.4 Å². The Morgan fingerprint density at radius 2 is 1.73 bits per heavy atom. The number of hydrogen-bond donors (Lipinski definition) is 2. The van der Waals surface area contributed by atoms with Gasteiger partial charge in [0.2, 0.25) is 0 Å². The first-order chi connectivity index (χ1) is 12.6. The normalized spacial score (nSPS) is 10.0. The number of nitrogens with one attached hydrogen (secondary N) is 2. The van der Waals surface area contributed by atoms with E-state index in [0.29, 0.717) is 17.1 Å². The first-order valence-electron chi connectivity index (χ1n) is 8.04. The number of para-hydroxylation sites is 2. The van der Waals surface area contributed by atoms with Crippen LogP contribution in [0.5, 0.6) is 0 Å². The smallest absolute Gasteiger partial charge is 0.275 e. The SMILES string of the molecule is Cc1cccc(C)c1NC(=O)c1cnc(Nc2ccccc2C#N)cn1. The molecule has 0 fully saturated rings. The molecule has 0 aliphatic rings. The van der Waals surface area contributed by atoms with Gasteiger partial charge in [0.25, 0.3) is 5.91 Å². The zero-order valence-electron chi connectivity index (χ0n) is 14.4. The third kappa shape index (κ3) is 3.68. The lowest BCUT2D eigenvalue weighted by atomic mass is 10.1. The van der Waals surface area contributed by atoms with Crippen molar-refractivity contribution in [3.8, 4) is 6.07 Å². The van der Waals surface area contributed by atoms with Gasteiger partial charge in [-0.1, -0.05) is 30.3 Å². The van der Waals surface area contributed by atoms with Gasteiger partial charge in [-0.3, -0.25) is 4.79 Å². The van der Waals surface area contributed by atoms with Gasteiger partial charge < -0.3 is 10.6 Å². The van der Waals surface area contributed by atoms with Gasteiger partial charge in [-0.2, -0.15) is 5.26 Å². The third-order valence-electron chi connectivity index (χ3n) is 3.91. The Morgan fingerprint density at radius 3 is 2.38 bits per heavy atom. The van der Waals surface area contributed by atoms with E-state index in [1.54, 1.807) is 18.2 Å². The molecule has 0 saturated heterocycles. The minimum absolute atomic E-state index is 0.215. The van der Waals surface area contributed by atoms with Crippen LogP contribution in [-0.4, -0.2) is 15.9 Å². The molecule has 3 aromatic rings. The highest BCUT2D eigenvalue weighted by molar-refractivity contribution is 6.03. The van der Waals surface area contributed by atoms with Gasteiger partial charge in [0.05, 0.1) is 23.6 Å². The number of aryl methyl sites for hydroxylation is 2. The van der Waals surface area contributed by atoms with Crippen molar-refractivity contribution >= 4 is 23.1 Å². The third-order valence-corrected chi connectivity index (χ3v) is 3.91. The summed E-state index contributed by atoms with van der Waals surface area (Å²) in [5.74, 6) is 0.134. The lowest BCUT2D eigenvalue weighted by molar-refractivity contribution is 0.102. The summed E-state index contributed by atoms with van der Waals surface area (Å²) in [6.07, 6.45) is 2.87. The minimum atomic E-state index is -0.320. The first kappa shape index (κ1) is 17.1. The molecule has 6 nitrogen and oxygen atoms in total. The van der Waals surface area contributed by atoms with Gasteiger partial charge in [0, 0.05) is 5.69 Å². The van der Waals surface area contributed by atoms with E-state index in [4.69, 9.17) is 5.26 Å². The summed E-state index contributed by atoms with van der Waals surface area (Å²) in [5, 5.41) is 15.0. The molecule has 0 radical (unpaired) electrons. The highest BCUT2D eigenvalue weighted by Gasteiger charge is 2.12. The Labute approximate surface area is 151 Å². The number of nitrogens with zero attached hydrogens (tertiary/aromatic N) is 3.